The fraction of sp³-hybridized carbons (Fsp3) is 0.136. The normalized spacial score (nSPS) is 11.4. The largest absolute Gasteiger partial charge is 0.496 e. The van der Waals surface area contributed by atoms with Crippen molar-refractivity contribution in [3.05, 3.63) is 95.6 Å². The molecule has 3 aromatic rings. The molecule has 0 aliphatic rings. The molecule has 1 N–H and O–H groups in total. The molecule has 3 rings (SSSR count). The minimum atomic E-state index is -3.96. The minimum absolute atomic E-state index is 0.0948. The number of methoxy groups -OCH3 is 1. The molecule has 3 aromatic carbocycles. The number of benzene rings is 3. The Balaban J connectivity index is 2.03. The van der Waals surface area contributed by atoms with Crippen molar-refractivity contribution in [3.63, 3.8) is 0 Å². The number of hydrogen-bond donors (Lipinski definition) is 1. The molecule has 0 saturated heterocycles. The summed E-state index contributed by atoms with van der Waals surface area (Å²) in [4.78, 5) is 11.4. The van der Waals surface area contributed by atoms with Gasteiger partial charge < -0.3 is 9.84 Å². The molecule has 6 nitrogen and oxygen atoms in total. The third-order valence-electron chi connectivity index (χ3n) is 4.44. The molecule has 0 amide bonds. The van der Waals surface area contributed by atoms with Crippen molar-refractivity contribution in [2.24, 2.45) is 0 Å². The van der Waals surface area contributed by atoms with Crippen LogP contribution in [0.5, 0.6) is 5.75 Å². The zero-order valence-electron chi connectivity index (χ0n) is 15.9. The molecule has 7 heteroatoms. The van der Waals surface area contributed by atoms with Gasteiger partial charge in [0.1, 0.15) is 11.3 Å². The van der Waals surface area contributed by atoms with Gasteiger partial charge in [-0.2, -0.15) is 4.31 Å². The fourth-order valence-electron chi connectivity index (χ4n) is 2.96. The molecule has 150 valence electrons. The molecule has 0 aliphatic carbocycles. The van der Waals surface area contributed by atoms with Crippen molar-refractivity contribution in [2.45, 2.75) is 18.0 Å². The summed E-state index contributed by atoms with van der Waals surface area (Å²) >= 11 is 0. The van der Waals surface area contributed by atoms with Crippen molar-refractivity contribution in [1.82, 2.24) is 4.31 Å². The second-order valence-electron chi connectivity index (χ2n) is 6.41. The first-order chi connectivity index (χ1) is 13.9. The van der Waals surface area contributed by atoms with E-state index in [-0.39, 0.29) is 29.3 Å². The van der Waals surface area contributed by atoms with Gasteiger partial charge in [-0.05, 0) is 29.3 Å². The Hall–Kier alpha value is -3.16. The highest BCUT2D eigenvalue weighted by Crippen LogP contribution is 2.26. The monoisotopic (exact) mass is 411 g/mol. The van der Waals surface area contributed by atoms with Crippen LogP contribution in [-0.2, 0) is 23.1 Å². The molecule has 0 spiro atoms. The summed E-state index contributed by atoms with van der Waals surface area (Å²) in [5.74, 6) is -1.15. The van der Waals surface area contributed by atoms with Crippen LogP contribution >= 0.6 is 0 Å². The maximum atomic E-state index is 13.4. The maximum Gasteiger partial charge on any atom is 0.339 e. The van der Waals surface area contributed by atoms with Crippen LogP contribution in [0.1, 0.15) is 21.5 Å². The lowest BCUT2D eigenvalue weighted by Crippen LogP contribution is -2.30. The molecule has 29 heavy (non-hydrogen) atoms. The van der Waals surface area contributed by atoms with Crippen LogP contribution in [0, 0.1) is 0 Å². The standard InChI is InChI=1S/C22H21NO5S/c1-28-21-13-12-19(14-20(21)22(24)25)29(26,27)23(15-17-8-4-2-5-9-17)16-18-10-6-3-7-11-18/h2-14H,15-16H2,1H3,(H,24,25). The molecule has 0 unspecified atom stereocenters. The van der Waals surface area contributed by atoms with Gasteiger partial charge in [-0.1, -0.05) is 60.7 Å². The Labute approximate surface area is 170 Å². The highest BCUT2D eigenvalue weighted by molar-refractivity contribution is 7.89. The molecule has 0 saturated carbocycles. The summed E-state index contributed by atoms with van der Waals surface area (Å²) in [6, 6.07) is 22.4. The first kappa shape index (κ1) is 20.6. The first-order valence-electron chi connectivity index (χ1n) is 8.91. The van der Waals surface area contributed by atoms with Crippen molar-refractivity contribution in [2.75, 3.05) is 7.11 Å². The van der Waals surface area contributed by atoms with Gasteiger partial charge in [0, 0.05) is 13.1 Å². The zero-order valence-corrected chi connectivity index (χ0v) is 16.7. The molecule has 0 aliphatic heterocycles. The molecular weight excluding hydrogens is 390 g/mol. The van der Waals surface area contributed by atoms with Crippen LogP contribution in [-0.4, -0.2) is 30.9 Å². The molecule has 0 aromatic heterocycles. The van der Waals surface area contributed by atoms with Crippen molar-refractivity contribution < 1.29 is 23.1 Å². The van der Waals surface area contributed by atoms with E-state index in [4.69, 9.17) is 4.74 Å². The number of hydrogen-bond acceptors (Lipinski definition) is 4. The number of carboxylic acids is 1. The SMILES string of the molecule is COc1ccc(S(=O)(=O)N(Cc2ccccc2)Cc2ccccc2)cc1C(=O)O. The van der Waals surface area contributed by atoms with E-state index in [2.05, 4.69) is 0 Å². The number of ether oxygens (including phenoxy) is 1. The van der Waals surface area contributed by atoms with E-state index < -0.39 is 16.0 Å². The van der Waals surface area contributed by atoms with E-state index in [1.165, 1.54) is 23.5 Å². The summed E-state index contributed by atoms with van der Waals surface area (Å²) in [6.07, 6.45) is 0. The lowest BCUT2D eigenvalue weighted by molar-refractivity contribution is 0.0693. The van der Waals surface area contributed by atoms with Crippen LogP contribution in [0.3, 0.4) is 0 Å². The maximum absolute atomic E-state index is 13.4. The van der Waals surface area contributed by atoms with Crippen molar-refractivity contribution in [3.8, 4) is 5.75 Å². The number of aromatic carboxylic acids is 1. The lowest BCUT2D eigenvalue weighted by Gasteiger charge is -2.23. The number of carbonyl (C=O) groups is 1. The summed E-state index contributed by atoms with van der Waals surface area (Å²) in [6.45, 7) is 0.318. The van der Waals surface area contributed by atoms with Crippen LogP contribution in [0.15, 0.2) is 83.8 Å². The van der Waals surface area contributed by atoms with E-state index in [1.54, 1.807) is 0 Å². The molecule has 0 radical (unpaired) electrons. The fourth-order valence-corrected chi connectivity index (χ4v) is 4.41. The van der Waals surface area contributed by atoms with Gasteiger partial charge in [0.05, 0.1) is 12.0 Å². The smallest absolute Gasteiger partial charge is 0.339 e. The Bertz CT molecular complexity index is 1040. The average molecular weight is 411 g/mol. The Morgan fingerprint density at radius 2 is 1.41 bits per heavy atom. The average Bonchev–Trinajstić information content (AvgIpc) is 2.74. The van der Waals surface area contributed by atoms with E-state index in [1.807, 2.05) is 60.7 Å². The predicted molar refractivity (Wildman–Crippen MR) is 109 cm³/mol. The van der Waals surface area contributed by atoms with Gasteiger partial charge in [0.2, 0.25) is 10.0 Å². The van der Waals surface area contributed by atoms with Crippen LogP contribution in [0.2, 0.25) is 0 Å². The minimum Gasteiger partial charge on any atom is -0.496 e. The third kappa shape index (κ3) is 4.82. The zero-order chi connectivity index (χ0) is 20.9. The van der Waals surface area contributed by atoms with Gasteiger partial charge in [0.25, 0.3) is 0 Å². The van der Waals surface area contributed by atoms with Crippen LogP contribution < -0.4 is 4.74 Å². The quantitative estimate of drug-likeness (QED) is 0.610. The van der Waals surface area contributed by atoms with E-state index >= 15 is 0 Å². The predicted octanol–water partition coefficient (Wildman–Crippen LogP) is 3.78. The van der Waals surface area contributed by atoms with Crippen molar-refractivity contribution in [1.29, 1.82) is 0 Å². The van der Waals surface area contributed by atoms with Gasteiger partial charge >= 0.3 is 5.97 Å². The highest BCUT2D eigenvalue weighted by atomic mass is 32.2. The van der Waals surface area contributed by atoms with Gasteiger partial charge in [-0.3, -0.25) is 0 Å². The first-order valence-corrected chi connectivity index (χ1v) is 10.3. The van der Waals surface area contributed by atoms with Crippen molar-refractivity contribution >= 4 is 16.0 Å². The Morgan fingerprint density at radius 1 is 0.897 bits per heavy atom. The van der Waals surface area contributed by atoms with E-state index in [0.29, 0.717) is 0 Å². The topological polar surface area (TPSA) is 83.9 Å². The Kier molecular flexibility index (Phi) is 6.31. The second kappa shape index (κ2) is 8.89. The lowest BCUT2D eigenvalue weighted by atomic mass is 10.2. The van der Waals surface area contributed by atoms with Gasteiger partial charge in [0.15, 0.2) is 0 Å². The summed E-state index contributed by atoms with van der Waals surface area (Å²) in [5, 5.41) is 9.41. The van der Waals surface area contributed by atoms with Gasteiger partial charge in [-0.15, -0.1) is 0 Å². The number of rotatable bonds is 8. The van der Waals surface area contributed by atoms with Gasteiger partial charge in [-0.25, -0.2) is 13.2 Å². The highest BCUT2D eigenvalue weighted by Gasteiger charge is 2.27. The molecule has 0 heterocycles. The second-order valence-corrected chi connectivity index (χ2v) is 8.35. The number of sulfonamides is 1. The molecule has 0 fully saturated rings. The van der Waals surface area contributed by atoms with E-state index in [0.717, 1.165) is 17.2 Å². The Morgan fingerprint density at radius 3 is 1.86 bits per heavy atom. The summed E-state index contributed by atoms with van der Waals surface area (Å²) < 4.78 is 33.2. The number of nitrogens with zero attached hydrogens (tertiary/aromatic N) is 1. The van der Waals surface area contributed by atoms with Crippen LogP contribution in [0.25, 0.3) is 0 Å². The molecular formula is C22H21NO5S. The third-order valence-corrected chi connectivity index (χ3v) is 6.23. The molecule has 0 bridgehead atoms. The summed E-state index contributed by atoms with van der Waals surface area (Å²) in [5.41, 5.74) is 1.46. The number of carboxylic acid groups (broad SMARTS) is 1. The van der Waals surface area contributed by atoms with E-state index in [9.17, 15) is 18.3 Å². The molecule has 0 atom stereocenters. The summed E-state index contributed by atoms with van der Waals surface area (Å²) in [7, 11) is -2.62. The van der Waals surface area contributed by atoms with Crippen LogP contribution in [0.4, 0.5) is 0 Å².